The number of anilines is 3. The maximum absolute atomic E-state index is 2.50. The van der Waals surface area contributed by atoms with Gasteiger partial charge in [0.15, 0.2) is 0 Å². The summed E-state index contributed by atoms with van der Waals surface area (Å²) in [7, 11) is 0. The first kappa shape index (κ1) is 29.1. The van der Waals surface area contributed by atoms with E-state index >= 15 is 0 Å². The first-order chi connectivity index (χ1) is 24.3. The number of aromatic nitrogens is 1. The molecule has 0 spiro atoms. The number of hydrogen-bond acceptors (Lipinski definition) is 1. The summed E-state index contributed by atoms with van der Waals surface area (Å²) in [5.41, 5.74) is 17.7. The van der Waals surface area contributed by atoms with Crippen LogP contribution in [0.15, 0.2) is 158 Å². The van der Waals surface area contributed by atoms with Crippen molar-refractivity contribution in [1.82, 2.24) is 4.57 Å². The van der Waals surface area contributed by atoms with E-state index in [0.29, 0.717) is 0 Å². The second-order valence-corrected chi connectivity index (χ2v) is 15.0. The Labute approximate surface area is 293 Å². The summed E-state index contributed by atoms with van der Waals surface area (Å²) in [5.74, 6) is 0. The second-order valence-electron chi connectivity index (χ2n) is 15.0. The van der Waals surface area contributed by atoms with Gasteiger partial charge in [-0.05, 0) is 93.0 Å². The lowest BCUT2D eigenvalue weighted by molar-refractivity contribution is 0.630. The van der Waals surface area contributed by atoms with Crippen molar-refractivity contribution in [3.8, 4) is 27.9 Å². The summed E-state index contributed by atoms with van der Waals surface area (Å²) in [5, 5.41) is 2.57. The molecule has 2 heterocycles. The zero-order valence-electron chi connectivity index (χ0n) is 28.9. The number of rotatable bonds is 4. The highest BCUT2D eigenvalue weighted by Crippen LogP contribution is 2.52. The Morgan fingerprint density at radius 1 is 0.420 bits per heavy atom. The molecular weight excluding hydrogens is 605 g/mol. The van der Waals surface area contributed by atoms with Crippen molar-refractivity contribution >= 4 is 38.9 Å². The molecule has 0 N–H and O–H groups in total. The van der Waals surface area contributed by atoms with Gasteiger partial charge in [-0.25, -0.2) is 0 Å². The standard InChI is InChI=1S/C48H38N2/c1-47(2)40-20-9-8-18-36(40)37-26-24-35(30-43(37)47)49(33-17-12-16-32(28-33)31-14-6-5-7-15-31)34-25-27-44-39(29-34)38-19-13-22-42-46(38)50(44)45-23-11-10-21-41(45)48(42,3)4/h5-30H,1-4H3. The number of hydrogen-bond donors (Lipinski definition) is 0. The van der Waals surface area contributed by atoms with Gasteiger partial charge in [-0.2, -0.15) is 0 Å². The van der Waals surface area contributed by atoms with E-state index in [-0.39, 0.29) is 10.8 Å². The van der Waals surface area contributed by atoms with Gasteiger partial charge < -0.3 is 9.47 Å². The SMILES string of the molecule is CC1(C)c2ccccc2-c2ccc(N(c3cccc(-c4ccccc4)c3)c3ccc4c(c3)c3cccc5c3n4-c3ccccc3C5(C)C)cc21. The summed E-state index contributed by atoms with van der Waals surface area (Å²) in [6.45, 7) is 9.45. The predicted octanol–water partition coefficient (Wildman–Crippen LogP) is 12.9. The largest absolute Gasteiger partial charge is 0.310 e. The smallest absolute Gasteiger partial charge is 0.0582 e. The Kier molecular flexibility index (Phi) is 6.01. The lowest BCUT2D eigenvalue weighted by atomic mass is 9.75. The maximum Gasteiger partial charge on any atom is 0.0582 e. The third kappa shape index (κ3) is 3.96. The summed E-state index contributed by atoms with van der Waals surface area (Å²) < 4.78 is 2.50. The van der Waals surface area contributed by atoms with Crippen molar-refractivity contribution in [3.05, 3.63) is 180 Å². The predicted molar refractivity (Wildman–Crippen MR) is 211 cm³/mol. The zero-order chi connectivity index (χ0) is 33.8. The van der Waals surface area contributed by atoms with Gasteiger partial charge in [0.2, 0.25) is 0 Å². The number of fused-ring (bicyclic) bond motifs is 8. The van der Waals surface area contributed by atoms with E-state index in [9.17, 15) is 0 Å². The average molecular weight is 643 g/mol. The normalized spacial score (nSPS) is 14.7. The topological polar surface area (TPSA) is 8.17 Å². The summed E-state index contributed by atoms with van der Waals surface area (Å²) >= 11 is 0. The molecule has 1 aliphatic carbocycles. The van der Waals surface area contributed by atoms with E-state index in [4.69, 9.17) is 0 Å². The Morgan fingerprint density at radius 2 is 1.04 bits per heavy atom. The molecule has 2 aliphatic rings. The fourth-order valence-corrected chi connectivity index (χ4v) is 9.03. The van der Waals surface area contributed by atoms with E-state index in [1.54, 1.807) is 0 Å². The number of para-hydroxylation sites is 2. The van der Waals surface area contributed by atoms with Gasteiger partial charge in [-0.1, -0.05) is 137 Å². The van der Waals surface area contributed by atoms with Crippen LogP contribution in [0.25, 0.3) is 49.7 Å². The molecule has 0 saturated heterocycles. The van der Waals surface area contributed by atoms with Crippen LogP contribution in [0.5, 0.6) is 0 Å². The first-order valence-electron chi connectivity index (χ1n) is 17.7. The van der Waals surface area contributed by atoms with Gasteiger partial charge in [-0.3, -0.25) is 0 Å². The Hall–Kier alpha value is -5.86. The fourth-order valence-electron chi connectivity index (χ4n) is 9.03. The maximum atomic E-state index is 2.50. The van der Waals surface area contributed by atoms with Crippen molar-refractivity contribution in [2.75, 3.05) is 4.90 Å². The molecule has 0 bridgehead atoms. The highest BCUT2D eigenvalue weighted by Gasteiger charge is 2.37. The molecule has 0 unspecified atom stereocenters. The highest BCUT2D eigenvalue weighted by atomic mass is 15.1. The van der Waals surface area contributed by atoms with Crippen LogP contribution in [0.1, 0.15) is 49.9 Å². The monoisotopic (exact) mass is 642 g/mol. The van der Waals surface area contributed by atoms with E-state index in [0.717, 1.165) is 17.1 Å². The Balaban J connectivity index is 1.22. The molecule has 1 aliphatic heterocycles. The second kappa shape index (κ2) is 10.3. The quantitative estimate of drug-likeness (QED) is 0.185. The van der Waals surface area contributed by atoms with Crippen LogP contribution in [0.4, 0.5) is 17.1 Å². The van der Waals surface area contributed by atoms with Gasteiger partial charge in [-0.15, -0.1) is 0 Å². The third-order valence-electron chi connectivity index (χ3n) is 11.6. The van der Waals surface area contributed by atoms with Crippen molar-refractivity contribution < 1.29 is 0 Å². The molecule has 1 aromatic heterocycles. The molecule has 0 radical (unpaired) electrons. The third-order valence-corrected chi connectivity index (χ3v) is 11.6. The van der Waals surface area contributed by atoms with Crippen molar-refractivity contribution in [3.63, 3.8) is 0 Å². The highest BCUT2D eigenvalue weighted by molar-refractivity contribution is 6.13. The lowest BCUT2D eigenvalue weighted by Crippen LogP contribution is -2.26. The van der Waals surface area contributed by atoms with Gasteiger partial charge in [0, 0.05) is 38.7 Å². The van der Waals surface area contributed by atoms with Crippen LogP contribution in [0.2, 0.25) is 0 Å². The zero-order valence-corrected chi connectivity index (χ0v) is 28.9. The minimum atomic E-state index is -0.0952. The van der Waals surface area contributed by atoms with Gasteiger partial charge in [0.25, 0.3) is 0 Å². The van der Waals surface area contributed by atoms with Crippen LogP contribution in [-0.2, 0) is 10.8 Å². The average Bonchev–Trinajstić information content (AvgIpc) is 3.60. The van der Waals surface area contributed by atoms with E-state index in [2.05, 4.69) is 195 Å². The molecule has 50 heavy (non-hydrogen) atoms. The van der Waals surface area contributed by atoms with Crippen molar-refractivity contribution in [2.24, 2.45) is 0 Å². The molecule has 0 amide bonds. The van der Waals surface area contributed by atoms with Gasteiger partial charge >= 0.3 is 0 Å². The van der Waals surface area contributed by atoms with E-state index < -0.39 is 0 Å². The molecule has 8 aromatic rings. The fraction of sp³-hybridized carbons (Fsp3) is 0.125. The van der Waals surface area contributed by atoms with Crippen molar-refractivity contribution in [2.45, 2.75) is 38.5 Å². The van der Waals surface area contributed by atoms with Crippen LogP contribution < -0.4 is 4.90 Å². The molecule has 240 valence electrons. The molecule has 0 saturated carbocycles. The lowest BCUT2D eigenvalue weighted by Gasteiger charge is -2.34. The Morgan fingerprint density at radius 3 is 1.90 bits per heavy atom. The van der Waals surface area contributed by atoms with E-state index in [1.165, 1.54) is 72.0 Å². The van der Waals surface area contributed by atoms with Gasteiger partial charge in [0.05, 0.1) is 16.7 Å². The summed E-state index contributed by atoms with van der Waals surface area (Å²) in [6.07, 6.45) is 0. The molecule has 2 heteroatoms. The van der Waals surface area contributed by atoms with Crippen LogP contribution in [0.3, 0.4) is 0 Å². The molecule has 10 rings (SSSR count). The van der Waals surface area contributed by atoms with E-state index in [1.807, 2.05) is 0 Å². The first-order valence-corrected chi connectivity index (χ1v) is 17.7. The molecular formula is C48H38N2. The number of benzene rings is 7. The Bertz CT molecular complexity index is 2650. The van der Waals surface area contributed by atoms with Crippen molar-refractivity contribution in [1.29, 1.82) is 0 Å². The molecule has 2 nitrogen and oxygen atoms in total. The van der Waals surface area contributed by atoms with Crippen LogP contribution in [0, 0.1) is 0 Å². The number of nitrogens with zero attached hydrogens (tertiary/aromatic N) is 2. The molecule has 0 atom stereocenters. The van der Waals surface area contributed by atoms with Gasteiger partial charge in [0.1, 0.15) is 0 Å². The molecule has 7 aromatic carbocycles. The molecule has 0 fully saturated rings. The minimum Gasteiger partial charge on any atom is -0.310 e. The van der Waals surface area contributed by atoms with Crippen LogP contribution >= 0.6 is 0 Å². The summed E-state index contributed by atoms with van der Waals surface area (Å²) in [4.78, 5) is 2.45. The minimum absolute atomic E-state index is 0.0945. The van der Waals surface area contributed by atoms with Crippen LogP contribution in [-0.4, -0.2) is 4.57 Å². The summed E-state index contributed by atoms with van der Waals surface area (Å²) in [6, 6.07) is 58.5.